The second kappa shape index (κ2) is 7.28. The van der Waals surface area contributed by atoms with Crippen molar-refractivity contribution >= 4 is 28.6 Å². The van der Waals surface area contributed by atoms with Crippen molar-refractivity contribution in [2.75, 3.05) is 6.61 Å². The van der Waals surface area contributed by atoms with Crippen LogP contribution in [0.3, 0.4) is 0 Å². The predicted molar refractivity (Wildman–Crippen MR) is 96.7 cm³/mol. The highest BCUT2D eigenvalue weighted by Gasteiger charge is 2.26. The van der Waals surface area contributed by atoms with E-state index in [-0.39, 0.29) is 16.8 Å². The second-order valence-corrected chi connectivity index (χ2v) is 5.92. The summed E-state index contributed by atoms with van der Waals surface area (Å²) in [7, 11) is 0. The number of nitrogens with zero attached hydrogens (tertiary/aromatic N) is 2. The van der Waals surface area contributed by atoms with Crippen LogP contribution in [0.1, 0.15) is 21.6 Å². The number of primary amides is 1. The molecule has 3 aromatic rings. The van der Waals surface area contributed by atoms with Crippen molar-refractivity contribution in [2.24, 2.45) is 5.73 Å². The molecule has 138 valence electrons. The molecule has 1 amide bonds. The molecular weight excluding hydrogens is 350 g/mol. The molecule has 0 unspecified atom stereocenters. The Bertz CT molecular complexity index is 1040. The van der Waals surface area contributed by atoms with Gasteiger partial charge in [0.25, 0.3) is 11.7 Å². The van der Waals surface area contributed by atoms with Crippen LogP contribution in [-0.4, -0.2) is 38.9 Å². The standard InChI is InChI=1S/C19H17N3O5/c1-11-15(17(25)18(20)26)16-13(7-8-21-19(16)27-10-14(23)24)22(11)9-12-5-3-2-4-6-12/h2-8H,9-10H2,1H3,(H2,20,26)(H,23,24). The minimum absolute atomic E-state index is 0.0330. The summed E-state index contributed by atoms with van der Waals surface area (Å²) in [5, 5.41) is 9.14. The van der Waals surface area contributed by atoms with Gasteiger partial charge >= 0.3 is 5.97 Å². The van der Waals surface area contributed by atoms with E-state index in [1.165, 1.54) is 6.20 Å². The average Bonchev–Trinajstić information content (AvgIpc) is 2.92. The number of carbonyl (C=O) groups excluding carboxylic acids is 2. The van der Waals surface area contributed by atoms with Crippen LogP contribution in [0.15, 0.2) is 42.6 Å². The summed E-state index contributed by atoms with van der Waals surface area (Å²) >= 11 is 0. The number of pyridine rings is 1. The third kappa shape index (κ3) is 3.50. The lowest BCUT2D eigenvalue weighted by atomic mass is 10.1. The van der Waals surface area contributed by atoms with Gasteiger partial charge in [-0.1, -0.05) is 30.3 Å². The molecule has 0 radical (unpaired) electrons. The number of Topliss-reactive ketones (excluding diaryl/α,β-unsaturated/α-hetero) is 1. The van der Waals surface area contributed by atoms with Gasteiger partial charge in [0.1, 0.15) is 0 Å². The van der Waals surface area contributed by atoms with Crippen molar-refractivity contribution in [1.82, 2.24) is 9.55 Å². The molecule has 0 spiro atoms. The quantitative estimate of drug-likeness (QED) is 0.482. The number of benzene rings is 1. The molecule has 0 fully saturated rings. The van der Waals surface area contributed by atoms with Gasteiger partial charge < -0.3 is 20.1 Å². The Balaban J connectivity index is 2.23. The van der Waals surface area contributed by atoms with Crippen LogP contribution in [0.25, 0.3) is 10.9 Å². The summed E-state index contributed by atoms with van der Waals surface area (Å²) in [5.74, 6) is -3.20. The van der Waals surface area contributed by atoms with E-state index in [1.54, 1.807) is 13.0 Å². The number of carbonyl (C=O) groups is 3. The van der Waals surface area contributed by atoms with Crippen LogP contribution in [0.5, 0.6) is 5.88 Å². The van der Waals surface area contributed by atoms with E-state index < -0.39 is 24.3 Å². The van der Waals surface area contributed by atoms with Gasteiger partial charge in [-0.3, -0.25) is 9.59 Å². The molecule has 0 aliphatic heterocycles. The van der Waals surface area contributed by atoms with E-state index in [1.807, 2.05) is 34.9 Å². The van der Waals surface area contributed by atoms with E-state index in [0.29, 0.717) is 17.8 Å². The van der Waals surface area contributed by atoms with Crippen LogP contribution in [0.2, 0.25) is 0 Å². The fourth-order valence-corrected chi connectivity index (χ4v) is 3.00. The van der Waals surface area contributed by atoms with Crippen molar-refractivity contribution < 1.29 is 24.2 Å². The maximum atomic E-state index is 12.4. The number of hydrogen-bond donors (Lipinski definition) is 2. The maximum Gasteiger partial charge on any atom is 0.341 e. The van der Waals surface area contributed by atoms with Crippen molar-refractivity contribution in [3.05, 3.63) is 59.4 Å². The second-order valence-electron chi connectivity index (χ2n) is 5.92. The summed E-state index contributed by atoms with van der Waals surface area (Å²) in [6.45, 7) is 1.51. The molecule has 0 atom stereocenters. The Morgan fingerprint density at radius 2 is 1.89 bits per heavy atom. The molecule has 0 bridgehead atoms. The third-order valence-corrected chi connectivity index (χ3v) is 4.17. The first-order chi connectivity index (χ1) is 12.9. The molecule has 27 heavy (non-hydrogen) atoms. The molecule has 1 aromatic carbocycles. The summed E-state index contributed by atoms with van der Waals surface area (Å²) in [4.78, 5) is 38.9. The van der Waals surface area contributed by atoms with E-state index in [0.717, 1.165) is 5.56 Å². The van der Waals surface area contributed by atoms with Gasteiger partial charge in [0.2, 0.25) is 5.88 Å². The molecular formula is C19H17N3O5. The normalized spacial score (nSPS) is 10.7. The van der Waals surface area contributed by atoms with Crippen molar-refractivity contribution in [1.29, 1.82) is 0 Å². The number of nitrogens with two attached hydrogens (primary N) is 1. The SMILES string of the molecule is Cc1c(C(=O)C(N)=O)c2c(OCC(=O)O)nccc2n1Cc1ccccc1. The fourth-order valence-electron chi connectivity index (χ4n) is 3.00. The number of carboxylic acids is 1. The summed E-state index contributed by atoms with van der Waals surface area (Å²) in [6, 6.07) is 11.2. The van der Waals surface area contributed by atoms with Crippen molar-refractivity contribution in [3.63, 3.8) is 0 Å². The molecule has 0 saturated heterocycles. The van der Waals surface area contributed by atoms with Gasteiger partial charge in [-0.25, -0.2) is 9.78 Å². The first-order valence-electron chi connectivity index (χ1n) is 8.10. The number of hydrogen-bond acceptors (Lipinski definition) is 5. The zero-order valence-electron chi connectivity index (χ0n) is 14.5. The van der Waals surface area contributed by atoms with Crippen molar-refractivity contribution in [3.8, 4) is 5.88 Å². The first kappa shape index (κ1) is 18.1. The molecule has 3 rings (SSSR count). The molecule has 2 heterocycles. The third-order valence-electron chi connectivity index (χ3n) is 4.17. The molecule has 8 nitrogen and oxygen atoms in total. The number of rotatable bonds is 7. The maximum absolute atomic E-state index is 12.4. The fraction of sp³-hybridized carbons (Fsp3) is 0.158. The van der Waals surface area contributed by atoms with Crippen LogP contribution in [0.4, 0.5) is 0 Å². The van der Waals surface area contributed by atoms with Gasteiger partial charge in [0.05, 0.1) is 16.5 Å². The smallest absolute Gasteiger partial charge is 0.341 e. The average molecular weight is 367 g/mol. The minimum atomic E-state index is -1.18. The van der Waals surface area contributed by atoms with Gasteiger partial charge in [0.15, 0.2) is 6.61 Å². The van der Waals surface area contributed by atoms with Gasteiger partial charge in [-0.15, -0.1) is 0 Å². The largest absolute Gasteiger partial charge is 0.479 e. The highest BCUT2D eigenvalue weighted by Crippen LogP contribution is 2.33. The van der Waals surface area contributed by atoms with Crippen LogP contribution < -0.4 is 10.5 Å². The lowest BCUT2D eigenvalue weighted by Gasteiger charge is -2.09. The molecule has 2 aromatic heterocycles. The zero-order chi connectivity index (χ0) is 19.6. The van der Waals surface area contributed by atoms with E-state index >= 15 is 0 Å². The molecule has 8 heteroatoms. The number of aliphatic carboxylic acids is 1. The summed E-state index contributed by atoms with van der Waals surface area (Å²) < 4.78 is 7.08. The Hall–Kier alpha value is -3.68. The summed E-state index contributed by atoms with van der Waals surface area (Å²) in [6.07, 6.45) is 1.46. The highest BCUT2D eigenvalue weighted by molar-refractivity contribution is 6.45. The van der Waals surface area contributed by atoms with Gasteiger partial charge in [-0.2, -0.15) is 0 Å². The zero-order valence-corrected chi connectivity index (χ0v) is 14.5. The highest BCUT2D eigenvalue weighted by atomic mass is 16.5. The molecule has 3 N–H and O–H groups in total. The van der Waals surface area contributed by atoms with E-state index in [9.17, 15) is 14.4 Å². The van der Waals surface area contributed by atoms with Gasteiger partial charge in [0, 0.05) is 18.4 Å². The number of amides is 1. The van der Waals surface area contributed by atoms with E-state index in [2.05, 4.69) is 4.98 Å². The number of aromatic nitrogens is 2. The van der Waals surface area contributed by atoms with Crippen molar-refractivity contribution in [2.45, 2.75) is 13.5 Å². The Morgan fingerprint density at radius 3 is 2.52 bits per heavy atom. The first-order valence-corrected chi connectivity index (χ1v) is 8.10. The number of ketones is 1. The lowest BCUT2D eigenvalue weighted by Crippen LogP contribution is -2.24. The number of fused-ring (bicyclic) bond motifs is 1. The van der Waals surface area contributed by atoms with Crippen LogP contribution in [0, 0.1) is 6.92 Å². The van der Waals surface area contributed by atoms with Gasteiger partial charge in [-0.05, 0) is 18.6 Å². The Morgan fingerprint density at radius 1 is 1.19 bits per heavy atom. The van der Waals surface area contributed by atoms with Crippen LogP contribution in [-0.2, 0) is 16.1 Å². The Kier molecular flexibility index (Phi) is 4.89. The van der Waals surface area contributed by atoms with E-state index in [4.69, 9.17) is 15.6 Å². The van der Waals surface area contributed by atoms with Crippen LogP contribution >= 0.6 is 0 Å². The lowest BCUT2D eigenvalue weighted by molar-refractivity contribution is -0.139. The summed E-state index contributed by atoms with van der Waals surface area (Å²) in [5.41, 5.74) is 7.38. The topological polar surface area (TPSA) is 125 Å². The number of carboxylic acid groups (broad SMARTS) is 1. The predicted octanol–water partition coefficient (Wildman–Crippen LogP) is 1.52. The molecule has 0 aliphatic carbocycles. The monoisotopic (exact) mass is 367 g/mol. The minimum Gasteiger partial charge on any atom is -0.479 e. The Labute approximate surface area is 154 Å². The molecule has 0 aliphatic rings. The number of ether oxygens (including phenoxy) is 1. The molecule has 0 saturated carbocycles.